The van der Waals surface area contributed by atoms with E-state index in [1.807, 2.05) is 7.05 Å². The second kappa shape index (κ2) is 10.6. The minimum Gasteiger partial charge on any atom is -0.357 e. The number of halogens is 1. The molecule has 1 aliphatic heterocycles. The number of fused-ring (bicyclic) bond motifs is 1. The fourth-order valence-corrected chi connectivity index (χ4v) is 4.01. The average Bonchev–Trinajstić information content (AvgIpc) is 3.41. The summed E-state index contributed by atoms with van der Waals surface area (Å²) in [5, 5.41) is 8.20. The van der Waals surface area contributed by atoms with Crippen molar-refractivity contribution in [2.45, 2.75) is 25.4 Å². The number of nitrogens with zero attached hydrogens (tertiary/aromatic N) is 2. The molecule has 1 aliphatic rings. The lowest BCUT2D eigenvalue weighted by Crippen LogP contribution is -2.42. The number of rotatable bonds is 6. The maximum atomic E-state index is 4.41. The third-order valence-corrected chi connectivity index (χ3v) is 5.48. The molecular weight excluding hydrogens is 473 g/mol. The van der Waals surface area contributed by atoms with Crippen LogP contribution in [0.1, 0.15) is 30.1 Å². The Balaban J connectivity index is 0.00000240. The van der Waals surface area contributed by atoms with Crippen LogP contribution in [-0.4, -0.2) is 42.5 Å². The molecular formula is C23H30IN5. The van der Waals surface area contributed by atoms with Gasteiger partial charge in [0.1, 0.15) is 0 Å². The summed E-state index contributed by atoms with van der Waals surface area (Å²) in [6.07, 6.45) is 2.58. The molecule has 1 aromatic heterocycles. The second-order valence-corrected chi connectivity index (χ2v) is 7.36. The number of hydrogen-bond acceptors (Lipinski definition) is 2. The van der Waals surface area contributed by atoms with Crippen LogP contribution in [0.3, 0.4) is 0 Å². The first-order valence-corrected chi connectivity index (χ1v) is 10.1. The van der Waals surface area contributed by atoms with Crippen LogP contribution >= 0.6 is 24.0 Å². The molecule has 2 aromatic carbocycles. The Morgan fingerprint density at radius 2 is 1.76 bits per heavy atom. The molecule has 1 fully saturated rings. The Hall–Kier alpha value is -2.06. The van der Waals surface area contributed by atoms with Gasteiger partial charge in [-0.15, -0.1) is 24.0 Å². The fourth-order valence-electron chi connectivity index (χ4n) is 4.01. The van der Waals surface area contributed by atoms with Crippen LogP contribution in [0.15, 0.2) is 65.7 Å². The smallest absolute Gasteiger partial charge is 0.191 e. The van der Waals surface area contributed by atoms with Crippen LogP contribution in [0.2, 0.25) is 0 Å². The Labute approximate surface area is 190 Å². The van der Waals surface area contributed by atoms with E-state index in [1.54, 1.807) is 0 Å². The Morgan fingerprint density at radius 3 is 2.48 bits per heavy atom. The molecule has 5 nitrogen and oxygen atoms in total. The van der Waals surface area contributed by atoms with E-state index >= 15 is 0 Å². The molecule has 3 aromatic rings. The number of H-pyrrole nitrogens is 1. The monoisotopic (exact) mass is 503 g/mol. The highest BCUT2D eigenvalue weighted by Crippen LogP contribution is 2.24. The van der Waals surface area contributed by atoms with Crippen LogP contribution in [-0.2, 0) is 6.54 Å². The summed E-state index contributed by atoms with van der Waals surface area (Å²) in [5.74, 6) is 0.832. The standard InChI is InChI=1S/C23H29N5.HI/c1-24-23(25-16-20-15-19-11-5-6-12-21(19)27-20)26-17-22(28-13-7-8-14-28)18-9-3-2-4-10-18;/h2-6,9-12,15,22,27H,7-8,13-14,16-17H2,1H3,(H2,24,25,26);1H. The summed E-state index contributed by atoms with van der Waals surface area (Å²) in [7, 11) is 1.83. The summed E-state index contributed by atoms with van der Waals surface area (Å²) >= 11 is 0. The van der Waals surface area contributed by atoms with Crippen LogP contribution in [0.4, 0.5) is 0 Å². The largest absolute Gasteiger partial charge is 0.357 e. The molecule has 154 valence electrons. The maximum absolute atomic E-state index is 4.41. The van der Waals surface area contributed by atoms with Gasteiger partial charge in [0, 0.05) is 24.8 Å². The zero-order valence-electron chi connectivity index (χ0n) is 16.9. The van der Waals surface area contributed by atoms with E-state index in [0.29, 0.717) is 12.6 Å². The van der Waals surface area contributed by atoms with E-state index in [4.69, 9.17) is 0 Å². The van der Waals surface area contributed by atoms with E-state index in [-0.39, 0.29) is 24.0 Å². The fraction of sp³-hybridized carbons (Fsp3) is 0.348. The van der Waals surface area contributed by atoms with Gasteiger partial charge in [-0.05, 0) is 49.0 Å². The van der Waals surface area contributed by atoms with E-state index < -0.39 is 0 Å². The van der Waals surface area contributed by atoms with Gasteiger partial charge in [-0.3, -0.25) is 9.89 Å². The van der Waals surface area contributed by atoms with Crippen molar-refractivity contribution in [3.05, 3.63) is 71.9 Å². The van der Waals surface area contributed by atoms with Gasteiger partial charge in [0.15, 0.2) is 5.96 Å². The molecule has 0 saturated carbocycles. The molecule has 2 heterocycles. The molecule has 4 rings (SSSR count). The van der Waals surface area contributed by atoms with E-state index in [1.165, 1.54) is 42.4 Å². The minimum absolute atomic E-state index is 0. The number of aromatic nitrogens is 1. The molecule has 0 amide bonds. The highest BCUT2D eigenvalue weighted by Gasteiger charge is 2.23. The lowest BCUT2D eigenvalue weighted by atomic mass is 10.1. The number of hydrogen-bond donors (Lipinski definition) is 3. The first-order valence-electron chi connectivity index (χ1n) is 10.1. The van der Waals surface area contributed by atoms with Crippen molar-refractivity contribution in [1.29, 1.82) is 0 Å². The molecule has 1 saturated heterocycles. The number of guanidine groups is 1. The topological polar surface area (TPSA) is 55.5 Å². The Bertz CT molecular complexity index is 882. The number of benzene rings is 2. The zero-order valence-corrected chi connectivity index (χ0v) is 19.2. The molecule has 0 radical (unpaired) electrons. The molecule has 6 heteroatoms. The molecule has 1 unspecified atom stereocenters. The quantitative estimate of drug-likeness (QED) is 0.267. The van der Waals surface area contributed by atoms with Crippen LogP contribution < -0.4 is 10.6 Å². The van der Waals surface area contributed by atoms with Gasteiger partial charge in [-0.1, -0.05) is 48.5 Å². The van der Waals surface area contributed by atoms with Crippen molar-refractivity contribution in [2.75, 3.05) is 26.7 Å². The van der Waals surface area contributed by atoms with Crippen molar-refractivity contribution < 1.29 is 0 Å². The number of para-hydroxylation sites is 1. The van der Waals surface area contributed by atoms with Gasteiger partial charge < -0.3 is 15.6 Å². The van der Waals surface area contributed by atoms with Crippen molar-refractivity contribution in [3.63, 3.8) is 0 Å². The lowest BCUT2D eigenvalue weighted by molar-refractivity contribution is 0.245. The molecule has 0 aliphatic carbocycles. The van der Waals surface area contributed by atoms with Gasteiger partial charge in [0.05, 0.1) is 12.6 Å². The first kappa shape index (κ1) is 21.6. The van der Waals surface area contributed by atoms with Gasteiger partial charge in [-0.25, -0.2) is 0 Å². The highest BCUT2D eigenvalue weighted by molar-refractivity contribution is 14.0. The first-order chi connectivity index (χ1) is 13.8. The average molecular weight is 503 g/mol. The SMILES string of the molecule is CN=C(NCc1cc2ccccc2[nH]1)NCC(c1ccccc1)N1CCCC1.I. The minimum atomic E-state index is 0. The predicted molar refractivity (Wildman–Crippen MR) is 132 cm³/mol. The number of likely N-dealkylation sites (tertiary alicyclic amines) is 1. The van der Waals surface area contributed by atoms with Gasteiger partial charge >= 0.3 is 0 Å². The van der Waals surface area contributed by atoms with Gasteiger partial charge in [-0.2, -0.15) is 0 Å². The lowest BCUT2D eigenvalue weighted by Gasteiger charge is -2.28. The molecule has 3 N–H and O–H groups in total. The third kappa shape index (κ3) is 5.51. The highest BCUT2D eigenvalue weighted by atomic mass is 127. The number of aliphatic imine (C=N–C) groups is 1. The summed E-state index contributed by atoms with van der Waals surface area (Å²) in [5.41, 5.74) is 3.69. The van der Waals surface area contributed by atoms with Crippen molar-refractivity contribution in [2.24, 2.45) is 4.99 Å². The van der Waals surface area contributed by atoms with Crippen molar-refractivity contribution >= 4 is 40.8 Å². The Morgan fingerprint density at radius 1 is 1.03 bits per heavy atom. The maximum Gasteiger partial charge on any atom is 0.191 e. The molecule has 0 spiro atoms. The summed E-state index contributed by atoms with van der Waals surface area (Å²) in [6, 6.07) is 21.7. The van der Waals surface area contributed by atoms with E-state index in [9.17, 15) is 0 Å². The second-order valence-electron chi connectivity index (χ2n) is 7.36. The number of aromatic amines is 1. The van der Waals surface area contributed by atoms with Crippen LogP contribution in [0.5, 0.6) is 0 Å². The van der Waals surface area contributed by atoms with Crippen LogP contribution in [0, 0.1) is 0 Å². The molecule has 1 atom stereocenters. The summed E-state index contributed by atoms with van der Waals surface area (Å²) < 4.78 is 0. The van der Waals surface area contributed by atoms with Crippen molar-refractivity contribution in [3.8, 4) is 0 Å². The zero-order chi connectivity index (χ0) is 19.2. The van der Waals surface area contributed by atoms with E-state index in [0.717, 1.165) is 18.2 Å². The Kier molecular flexibility index (Phi) is 7.94. The third-order valence-electron chi connectivity index (χ3n) is 5.48. The number of nitrogens with one attached hydrogen (secondary N) is 3. The van der Waals surface area contributed by atoms with Gasteiger partial charge in [0.25, 0.3) is 0 Å². The summed E-state index contributed by atoms with van der Waals surface area (Å²) in [4.78, 5) is 10.4. The predicted octanol–water partition coefficient (Wildman–Crippen LogP) is 4.29. The normalized spacial score (nSPS) is 15.8. The molecule has 29 heavy (non-hydrogen) atoms. The van der Waals surface area contributed by atoms with E-state index in [2.05, 4.69) is 86.2 Å². The van der Waals surface area contributed by atoms with Crippen LogP contribution in [0.25, 0.3) is 10.9 Å². The molecule has 0 bridgehead atoms. The summed E-state index contributed by atoms with van der Waals surface area (Å²) in [6.45, 7) is 3.90. The van der Waals surface area contributed by atoms with Gasteiger partial charge in [0.2, 0.25) is 0 Å². The van der Waals surface area contributed by atoms with Crippen molar-refractivity contribution in [1.82, 2.24) is 20.5 Å².